The molecule has 0 spiro atoms. The lowest BCUT2D eigenvalue weighted by molar-refractivity contribution is 0.0654. The first-order chi connectivity index (χ1) is 12.2. The summed E-state index contributed by atoms with van der Waals surface area (Å²) >= 11 is 0. The van der Waals surface area contributed by atoms with E-state index in [2.05, 4.69) is 0 Å². The van der Waals surface area contributed by atoms with Crippen LogP contribution >= 0.6 is 0 Å². The third kappa shape index (κ3) is 3.28. The Labute approximate surface area is 148 Å². The summed E-state index contributed by atoms with van der Waals surface area (Å²) in [6.07, 6.45) is 6.32. The quantitative estimate of drug-likeness (QED) is 0.924. The minimum atomic E-state index is 0.105. The van der Waals surface area contributed by atoms with Gasteiger partial charge in [0.2, 0.25) is 0 Å². The van der Waals surface area contributed by atoms with E-state index in [-0.39, 0.29) is 18.6 Å². The summed E-state index contributed by atoms with van der Waals surface area (Å²) in [5.41, 5.74) is 2.78. The number of aliphatic hydroxyl groups is 1. The van der Waals surface area contributed by atoms with Gasteiger partial charge in [0.05, 0.1) is 11.1 Å². The second-order valence-electron chi connectivity index (χ2n) is 7.66. The monoisotopic (exact) mass is 338 g/mol. The maximum absolute atomic E-state index is 13.3. The van der Waals surface area contributed by atoms with Crippen LogP contribution in [0.25, 0.3) is 10.9 Å². The van der Waals surface area contributed by atoms with Gasteiger partial charge in [-0.2, -0.15) is 0 Å². The number of benzene rings is 1. The fourth-order valence-electron chi connectivity index (χ4n) is 4.03. The standard InChI is InChI=1S/C21H26N2O2/c1-23(16-10-6-14(13-24)7-11-16)21(25)18-12-20(15-8-9-15)22-19-5-3-2-4-17(18)19/h2-5,12,14-16,24H,6-11,13H2,1H3. The van der Waals surface area contributed by atoms with Crippen LogP contribution in [0.15, 0.2) is 30.3 Å². The summed E-state index contributed by atoms with van der Waals surface area (Å²) in [4.78, 5) is 20.0. The van der Waals surface area contributed by atoms with Crippen molar-refractivity contribution < 1.29 is 9.90 Å². The first-order valence-electron chi connectivity index (χ1n) is 9.45. The molecule has 25 heavy (non-hydrogen) atoms. The molecule has 4 heteroatoms. The number of nitrogens with zero attached hydrogens (tertiary/aromatic N) is 2. The Morgan fingerprint density at radius 1 is 1.16 bits per heavy atom. The van der Waals surface area contributed by atoms with Crippen LogP contribution in [-0.2, 0) is 0 Å². The molecule has 2 aromatic rings. The normalized spacial score (nSPS) is 23.6. The number of carbonyl (C=O) groups excluding carboxylic acids is 1. The van der Waals surface area contributed by atoms with Crippen LogP contribution in [0.1, 0.15) is 60.5 Å². The van der Waals surface area contributed by atoms with E-state index in [9.17, 15) is 9.90 Å². The SMILES string of the molecule is CN(C(=O)c1cc(C2CC2)nc2ccccc12)C1CCC(CO)CC1. The molecule has 0 unspecified atom stereocenters. The number of amides is 1. The molecule has 132 valence electrons. The molecule has 2 aliphatic carbocycles. The lowest BCUT2D eigenvalue weighted by atomic mass is 9.86. The van der Waals surface area contributed by atoms with Gasteiger partial charge in [0, 0.05) is 36.7 Å². The zero-order valence-corrected chi connectivity index (χ0v) is 14.8. The zero-order chi connectivity index (χ0) is 17.4. The summed E-state index contributed by atoms with van der Waals surface area (Å²) in [5.74, 6) is 1.04. The molecule has 1 aromatic heterocycles. The molecule has 2 aliphatic rings. The highest BCUT2D eigenvalue weighted by molar-refractivity contribution is 6.06. The summed E-state index contributed by atoms with van der Waals surface area (Å²) in [6, 6.07) is 10.3. The molecular formula is C21H26N2O2. The summed E-state index contributed by atoms with van der Waals surface area (Å²) in [7, 11) is 1.93. The van der Waals surface area contributed by atoms with Gasteiger partial charge >= 0.3 is 0 Å². The van der Waals surface area contributed by atoms with Crippen molar-refractivity contribution in [2.24, 2.45) is 5.92 Å². The average Bonchev–Trinajstić information content (AvgIpc) is 3.51. The molecule has 0 saturated heterocycles. The Bertz CT molecular complexity index is 777. The molecule has 1 heterocycles. The van der Waals surface area contributed by atoms with Crippen LogP contribution in [-0.4, -0.2) is 40.6 Å². The predicted octanol–water partition coefficient (Wildman–Crippen LogP) is 3.74. The number of hydrogen-bond donors (Lipinski definition) is 1. The molecule has 1 N–H and O–H groups in total. The van der Waals surface area contributed by atoms with Crippen molar-refractivity contribution in [3.05, 3.63) is 41.6 Å². The Morgan fingerprint density at radius 2 is 1.88 bits per heavy atom. The lowest BCUT2D eigenvalue weighted by Crippen LogP contribution is -2.40. The summed E-state index contributed by atoms with van der Waals surface area (Å²) < 4.78 is 0. The number of aliphatic hydroxyl groups excluding tert-OH is 1. The number of hydrogen-bond acceptors (Lipinski definition) is 3. The van der Waals surface area contributed by atoms with E-state index < -0.39 is 0 Å². The highest BCUT2D eigenvalue weighted by Gasteiger charge is 2.30. The highest BCUT2D eigenvalue weighted by Crippen LogP contribution is 2.40. The molecule has 4 rings (SSSR count). The van der Waals surface area contributed by atoms with E-state index in [1.165, 1.54) is 12.8 Å². The minimum absolute atomic E-state index is 0.105. The van der Waals surface area contributed by atoms with Gasteiger partial charge in [-0.25, -0.2) is 0 Å². The summed E-state index contributed by atoms with van der Waals surface area (Å²) in [5, 5.41) is 10.3. The van der Waals surface area contributed by atoms with Crippen LogP contribution in [0.2, 0.25) is 0 Å². The van der Waals surface area contributed by atoms with Gasteiger partial charge in [0.1, 0.15) is 0 Å². The van der Waals surface area contributed by atoms with E-state index >= 15 is 0 Å². The second kappa shape index (κ2) is 6.75. The molecule has 2 fully saturated rings. The second-order valence-corrected chi connectivity index (χ2v) is 7.66. The molecule has 4 nitrogen and oxygen atoms in total. The van der Waals surface area contributed by atoms with Crippen molar-refractivity contribution in [2.75, 3.05) is 13.7 Å². The van der Waals surface area contributed by atoms with Crippen LogP contribution < -0.4 is 0 Å². The minimum Gasteiger partial charge on any atom is -0.396 e. The first-order valence-corrected chi connectivity index (χ1v) is 9.45. The van der Waals surface area contributed by atoms with Crippen molar-refractivity contribution in [2.45, 2.75) is 50.5 Å². The zero-order valence-electron chi connectivity index (χ0n) is 14.8. The molecule has 1 amide bonds. The van der Waals surface area contributed by atoms with Gasteiger partial charge in [-0.3, -0.25) is 9.78 Å². The van der Waals surface area contributed by atoms with E-state index in [1.54, 1.807) is 0 Å². The maximum Gasteiger partial charge on any atom is 0.254 e. The van der Waals surface area contributed by atoms with E-state index in [0.717, 1.165) is 47.8 Å². The topological polar surface area (TPSA) is 53.4 Å². The Morgan fingerprint density at radius 3 is 2.56 bits per heavy atom. The molecule has 0 atom stereocenters. The largest absolute Gasteiger partial charge is 0.396 e. The fraction of sp³-hybridized carbons (Fsp3) is 0.524. The Hall–Kier alpha value is -1.94. The van der Waals surface area contributed by atoms with Gasteiger partial charge in [-0.15, -0.1) is 0 Å². The van der Waals surface area contributed by atoms with Crippen molar-refractivity contribution in [1.29, 1.82) is 0 Å². The van der Waals surface area contributed by atoms with E-state index in [4.69, 9.17) is 4.98 Å². The van der Waals surface area contributed by atoms with Gasteiger partial charge < -0.3 is 10.0 Å². The van der Waals surface area contributed by atoms with Gasteiger partial charge in [-0.05, 0) is 56.6 Å². The molecule has 0 radical (unpaired) electrons. The van der Waals surface area contributed by atoms with E-state index in [1.807, 2.05) is 42.3 Å². The predicted molar refractivity (Wildman–Crippen MR) is 98.6 cm³/mol. The van der Waals surface area contributed by atoms with Crippen molar-refractivity contribution in [3.63, 3.8) is 0 Å². The first kappa shape index (κ1) is 16.5. The number of para-hydroxylation sites is 1. The van der Waals surface area contributed by atoms with Crippen molar-refractivity contribution >= 4 is 16.8 Å². The fourth-order valence-corrected chi connectivity index (χ4v) is 4.03. The Balaban J connectivity index is 1.63. The van der Waals surface area contributed by atoms with Gasteiger partial charge in [0.25, 0.3) is 5.91 Å². The lowest BCUT2D eigenvalue weighted by Gasteiger charge is -2.34. The van der Waals surface area contributed by atoms with Crippen LogP contribution in [0.3, 0.4) is 0 Å². The van der Waals surface area contributed by atoms with E-state index in [0.29, 0.717) is 11.8 Å². The van der Waals surface area contributed by atoms with Gasteiger partial charge in [-0.1, -0.05) is 18.2 Å². The Kier molecular flexibility index (Phi) is 4.46. The molecule has 0 bridgehead atoms. The van der Waals surface area contributed by atoms with Crippen molar-refractivity contribution in [1.82, 2.24) is 9.88 Å². The number of pyridine rings is 1. The molecule has 0 aliphatic heterocycles. The highest BCUT2D eigenvalue weighted by atomic mass is 16.3. The molecule has 1 aromatic carbocycles. The maximum atomic E-state index is 13.3. The summed E-state index contributed by atoms with van der Waals surface area (Å²) in [6.45, 7) is 0.268. The van der Waals surface area contributed by atoms with Crippen LogP contribution in [0, 0.1) is 5.92 Å². The average molecular weight is 338 g/mol. The number of aromatic nitrogens is 1. The number of carbonyl (C=O) groups is 1. The smallest absolute Gasteiger partial charge is 0.254 e. The third-order valence-corrected chi connectivity index (χ3v) is 5.90. The third-order valence-electron chi connectivity index (χ3n) is 5.90. The molecule has 2 saturated carbocycles. The van der Waals surface area contributed by atoms with Crippen LogP contribution in [0.4, 0.5) is 0 Å². The van der Waals surface area contributed by atoms with Crippen molar-refractivity contribution in [3.8, 4) is 0 Å². The van der Waals surface area contributed by atoms with Gasteiger partial charge in [0.15, 0.2) is 0 Å². The number of fused-ring (bicyclic) bond motifs is 1. The van der Waals surface area contributed by atoms with Crippen LogP contribution in [0.5, 0.6) is 0 Å². The molecular weight excluding hydrogens is 312 g/mol. The number of rotatable bonds is 4.